The van der Waals surface area contributed by atoms with Gasteiger partial charge in [0.05, 0.1) is 0 Å². The summed E-state index contributed by atoms with van der Waals surface area (Å²) in [6.45, 7) is 27.5. The highest BCUT2D eigenvalue weighted by Gasteiger charge is 2.31. The van der Waals surface area contributed by atoms with E-state index in [1.165, 1.54) is 80.6 Å². The van der Waals surface area contributed by atoms with Crippen molar-refractivity contribution in [1.29, 1.82) is 0 Å². The van der Waals surface area contributed by atoms with E-state index in [-0.39, 0.29) is 12.2 Å². The van der Waals surface area contributed by atoms with E-state index in [1.54, 1.807) is 0 Å². The Morgan fingerprint density at radius 3 is 1.20 bits per heavy atom. The molecule has 396 valence electrons. The highest BCUT2D eigenvalue weighted by atomic mass is 16.6. The van der Waals surface area contributed by atoms with E-state index in [9.17, 15) is 9.59 Å². The molecule has 0 saturated carbocycles. The van der Waals surface area contributed by atoms with E-state index >= 15 is 0 Å². The fraction of sp³-hybridized carbons (Fsp3) is 0.562. The number of alkyl carbamates (subject to hydrolysis) is 2. The van der Waals surface area contributed by atoms with E-state index < -0.39 is 11.2 Å². The van der Waals surface area contributed by atoms with Gasteiger partial charge < -0.3 is 20.1 Å². The minimum Gasteiger partial charge on any atom is -0.444 e. The molecular formula is C64H90B2N4O4. The van der Waals surface area contributed by atoms with Gasteiger partial charge in [-0.3, -0.25) is 9.80 Å². The number of carbonyl (C=O) groups excluding carboxylic acids is 2. The van der Waals surface area contributed by atoms with E-state index in [4.69, 9.17) is 9.47 Å². The largest absolute Gasteiger partial charge is 0.444 e. The maximum atomic E-state index is 12.4. The van der Waals surface area contributed by atoms with Gasteiger partial charge in [-0.05, 0) is 171 Å². The topological polar surface area (TPSA) is 83.1 Å². The van der Waals surface area contributed by atoms with Crippen LogP contribution in [0.5, 0.6) is 0 Å². The Balaban J connectivity index is 1.17. The normalized spacial score (nSPS) is 17.7. The zero-order valence-electron chi connectivity index (χ0n) is 47.2. The molecule has 2 atom stereocenters. The number of hydrogen-bond acceptors (Lipinski definition) is 6. The lowest BCUT2D eigenvalue weighted by molar-refractivity contribution is 0.0515. The van der Waals surface area contributed by atoms with Crippen LogP contribution in [0.3, 0.4) is 0 Å². The van der Waals surface area contributed by atoms with Crippen molar-refractivity contribution in [2.24, 2.45) is 10.8 Å². The number of ether oxygens (including phenoxy) is 2. The number of nitrogens with zero attached hydrogens (tertiary/aromatic N) is 2. The number of fused-ring (bicyclic) bond motifs is 2. The molecule has 2 aliphatic heterocycles. The van der Waals surface area contributed by atoms with Gasteiger partial charge in [0.15, 0.2) is 0 Å². The molecule has 2 heterocycles. The average Bonchev–Trinajstić information content (AvgIpc) is 3.34. The van der Waals surface area contributed by atoms with Crippen molar-refractivity contribution in [3.8, 4) is 0 Å². The summed E-state index contributed by atoms with van der Waals surface area (Å²) in [5, 5.41) is 11.3. The Morgan fingerprint density at radius 1 is 0.514 bits per heavy atom. The maximum Gasteiger partial charge on any atom is 0.407 e. The first-order valence-corrected chi connectivity index (χ1v) is 28.3. The molecule has 2 saturated heterocycles. The van der Waals surface area contributed by atoms with Crippen molar-refractivity contribution >= 4 is 48.3 Å². The Kier molecular flexibility index (Phi) is 19.9. The van der Waals surface area contributed by atoms with Crippen molar-refractivity contribution in [3.63, 3.8) is 0 Å². The molecule has 10 heteroatoms. The van der Waals surface area contributed by atoms with E-state index in [1.807, 2.05) is 41.5 Å². The van der Waals surface area contributed by atoms with Gasteiger partial charge in [-0.15, -0.1) is 0 Å². The second-order valence-corrected chi connectivity index (χ2v) is 25.3. The molecule has 5 aromatic rings. The fourth-order valence-corrected chi connectivity index (χ4v) is 11.4. The minimum atomic E-state index is -0.514. The van der Waals surface area contributed by atoms with Crippen molar-refractivity contribution in [1.82, 2.24) is 20.4 Å². The predicted octanol–water partition coefficient (Wildman–Crippen LogP) is 15.4. The molecule has 5 aromatic carbocycles. The van der Waals surface area contributed by atoms with Gasteiger partial charge in [-0.1, -0.05) is 163 Å². The van der Waals surface area contributed by atoms with Crippen LogP contribution in [0.25, 0.3) is 21.5 Å². The molecule has 0 bridgehead atoms. The molecule has 2 aliphatic rings. The van der Waals surface area contributed by atoms with Crippen LogP contribution in [0, 0.1) is 10.8 Å². The first kappa shape index (κ1) is 56.9. The lowest BCUT2D eigenvalue weighted by Crippen LogP contribution is -2.33. The van der Waals surface area contributed by atoms with Crippen molar-refractivity contribution in [2.45, 2.75) is 195 Å². The van der Waals surface area contributed by atoms with E-state index in [2.05, 4.69) is 160 Å². The standard InChI is InChI=1S/C64H90B2N4O4/c1-61(2,3)73-59(71)67-37-21-11-23-39-69(41-47-25-13-15-27-49(47)57-33-35-63(7,8)45-65-57)43-55-51-29-17-19-31-53(51)56(54-32-20-18-30-52(54)55)44-70(40-24-12-22-38-68-60(72)74-62(4,5)6)42-48-26-14-16-28-50(48)58-34-36-64(9,10)46-66-58/h13-20,25-32,57-58H,11-12,21-24,33-46H2,1-10H3,(H,67,71)(H,68,72). The first-order valence-electron chi connectivity index (χ1n) is 28.3. The summed E-state index contributed by atoms with van der Waals surface area (Å²) in [6, 6.07) is 36.8. The minimum absolute atomic E-state index is 0.347. The lowest BCUT2D eigenvalue weighted by atomic mass is 9.47. The summed E-state index contributed by atoms with van der Waals surface area (Å²) in [4.78, 5) is 30.3. The smallest absolute Gasteiger partial charge is 0.407 e. The zero-order chi connectivity index (χ0) is 52.9. The predicted molar refractivity (Wildman–Crippen MR) is 311 cm³/mol. The van der Waals surface area contributed by atoms with Crippen LogP contribution >= 0.6 is 0 Å². The van der Waals surface area contributed by atoms with Crippen molar-refractivity contribution in [2.75, 3.05) is 26.2 Å². The third-order valence-electron chi connectivity index (χ3n) is 15.4. The van der Waals surface area contributed by atoms with Crippen molar-refractivity contribution < 1.29 is 19.1 Å². The molecule has 2 N–H and O–H groups in total. The molecule has 0 aromatic heterocycles. The van der Waals surface area contributed by atoms with Crippen LogP contribution in [-0.2, 0) is 35.7 Å². The number of nitrogens with one attached hydrogen (secondary N) is 2. The van der Waals surface area contributed by atoms with Gasteiger partial charge in [0, 0.05) is 39.3 Å². The molecule has 2 unspecified atom stereocenters. The van der Waals surface area contributed by atoms with E-state index in [0.29, 0.717) is 35.6 Å². The summed E-state index contributed by atoms with van der Waals surface area (Å²) < 4.78 is 11.0. The lowest BCUT2D eigenvalue weighted by Gasteiger charge is -2.35. The van der Waals surface area contributed by atoms with Crippen LogP contribution in [0.4, 0.5) is 9.59 Å². The Hall–Kier alpha value is -4.79. The van der Waals surface area contributed by atoms with Gasteiger partial charge in [0.2, 0.25) is 0 Å². The maximum absolute atomic E-state index is 12.4. The number of benzene rings is 5. The van der Waals surface area contributed by atoms with Crippen LogP contribution in [0.1, 0.15) is 178 Å². The van der Waals surface area contributed by atoms with Gasteiger partial charge in [0.25, 0.3) is 0 Å². The third-order valence-corrected chi connectivity index (χ3v) is 15.4. The molecule has 2 fully saturated rings. The number of unbranched alkanes of at least 4 members (excludes halogenated alkanes) is 4. The highest BCUT2D eigenvalue weighted by Crippen LogP contribution is 2.42. The zero-order valence-corrected chi connectivity index (χ0v) is 47.2. The number of amides is 2. The Labute approximate surface area is 448 Å². The SMILES string of the molecule is CC1(C)C[B]C(c2ccccc2CN(CCCCCNC(=O)OC(C)(C)C)Cc2c3ccccc3c(CN(CCCCCNC(=O)OC(C)(C)C)Cc3ccccc3C3[B]CC(C)(C)CC3)c3ccccc23)CC1. The molecule has 0 aliphatic carbocycles. The van der Waals surface area contributed by atoms with E-state index in [0.717, 1.165) is 90.4 Å². The molecular weight excluding hydrogens is 910 g/mol. The second-order valence-electron chi connectivity index (χ2n) is 25.3. The van der Waals surface area contributed by atoms with Crippen molar-refractivity contribution in [3.05, 3.63) is 130 Å². The summed E-state index contributed by atoms with van der Waals surface area (Å²) in [7, 11) is 5.18. The van der Waals surface area contributed by atoms with Gasteiger partial charge in [-0.2, -0.15) is 0 Å². The third kappa shape index (κ3) is 17.1. The van der Waals surface area contributed by atoms with Crippen LogP contribution in [0.15, 0.2) is 97.1 Å². The molecule has 2 amide bonds. The van der Waals surface area contributed by atoms with Gasteiger partial charge >= 0.3 is 12.2 Å². The quantitative estimate of drug-likeness (QED) is 0.0408. The second kappa shape index (κ2) is 25.8. The number of hydrogen-bond donors (Lipinski definition) is 2. The van der Waals surface area contributed by atoms with Gasteiger partial charge in [-0.25, -0.2) is 9.59 Å². The summed E-state index contributed by atoms with van der Waals surface area (Å²) >= 11 is 0. The first-order chi connectivity index (χ1) is 35.2. The van der Waals surface area contributed by atoms with Crippen LogP contribution in [-0.4, -0.2) is 73.9 Å². The summed E-state index contributed by atoms with van der Waals surface area (Å²) in [5.74, 6) is 0.940. The Morgan fingerprint density at radius 2 is 0.865 bits per heavy atom. The van der Waals surface area contributed by atoms with Crippen LogP contribution < -0.4 is 10.6 Å². The van der Waals surface area contributed by atoms with Crippen LogP contribution in [0.2, 0.25) is 12.6 Å². The molecule has 0 spiro atoms. The van der Waals surface area contributed by atoms with Gasteiger partial charge in [0.1, 0.15) is 25.8 Å². The average molecular weight is 1000 g/mol. The molecule has 74 heavy (non-hydrogen) atoms. The summed E-state index contributed by atoms with van der Waals surface area (Å²) in [5.41, 5.74) is 8.28. The molecule has 2 radical (unpaired) electrons. The Bertz CT molecular complexity index is 2360. The highest BCUT2D eigenvalue weighted by molar-refractivity contribution is 6.38. The molecule has 7 rings (SSSR count). The number of rotatable bonds is 22. The molecule has 8 nitrogen and oxygen atoms in total. The number of carbonyl (C=O) groups is 2. The monoisotopic (exact) mass is 1000 g/mol. The summed E-state index contributed by atoms with van der Waals surface area (Å²) in [6.07, 6.45) is 12.3. The fourth-order valence-electron chi connectivity index (χ4n) is 11.4.